The van der Waals surface area contributed by atoms with Crippen LogP contribution in [0.15, 0.2) is 12.2 Å². The molecule has 1 nitrogen and oxygen atoms in total. The molecule has 0 aromatic heterocycles. The Bertz CT molecular complexity index is 119. The summed E-state index contributed by atoms with van der Waals surface area (Å²) in [6.45, 7) is 2.19. The molecular formula is C9H14N. The molecule has 0 aliphatic heterocycles. The number of hydrogen-bond donors (Lipinski definition) is 0. The van der Waals surface area contributed by atoms with E-state index in [9.17, 15) is 0 Å². The Labute approximate surface area is 63.4 Å². The predicted octanol–water partition coefficient (Wildman–Crippen LogP) is 2.85. The van der Waals surface area contributed by atoms with Crippen molar-refractivity contribution in [2.24, 2.45) is 0 Å². The number of hydrogen-bond acceptors (Lipinski definition) is 1. The highest BCUT2D eigenvalue weighted by atomic mass is 14.2. The lowest BCUT2D eigenvalue weighted by Crippen LogP contribution is -1.70. The molecule has 0 saturated heterocycles. The van der Waals surface area contributed by atoms with Crippen LogP contribution in [0, 0.1) is 17.8 Å². The molecule has 0 aromatic carbocycles. The first-order chi connectivity index (χ1) is 4.91. The van der Waals surface area contributed by atoms with Crippen molar-refractivity contribution in [1.82, 2.24) is 0 Å². The first-order valence-corrected chi connectivity index (χ1v) is 3.79. The Morgan fingerprint density at radius 2 is 2.20 bits per heavy atom. The molecule has 0 aliphatic rings. The Morgan fingerprint density at radius 3 is 2.80 bits per heavy atom. The second-order valence-electron chi connectivity index (χ2n) is 2.22. The lowest BCUT2D eigenvalue weighted by atomic mass is 10.2. The summed E-state index contributed by atoms with van der Waals surface area (Å²) in [6, 6.07) is 1.95. The third-order valence-electron chi connectivity index (χ3n) is 1.28. The number of nitrogens with zero attached hydrogens (tertiary/aromatic N) is 1. The zero-order valence-electron chi connectivity index (χ0n) is 6.51. The summed E-state index contributed by atoms with van der Waals surface area (Å²) in [5.74, 6) is 0. The van der Waals surface area contributed by atoms with E-state index in [2.05, 4.69) is 6.92 Å². The van der Waals surface area contributed by atoms with Crippen LogP contribution in [0.4, 0.5) is 0 Å². The van der Waals surface area contributed by atoms with Crippen LogP contribution in [-0.2, 0) is 0 Å². The predicted molar refractivity (Wildman–Crippen MR) is 43.2 cm³/mol. The highest BCUT2D eigenvalue weighted by molar-refractivity contribution is 5.08. The minimum Gasteiger partial charge on any atom is -0.198 e. The van der Waals surface area contributed by atoms with E-state index in [1.54, 1.807) is 0 Å². The van der Waals surface area contributed by atoms with E-state index in [4.69, 9.17) is 5.26 Å². The van der Waals surface area contributed by atoms with Crippen molar-refractivity contribution in [3.8, 4) is 6.07 Å². The van der Waals surface area contributed by atoms with E-state index in [1.165, 1.54) is 25.7 Å². The Morgan fingerprint density at radius 1 is 1.40 bits per heavy atom. The summed E-state index contributed by atoms with van der Waals surface area (Å²) in [6.07, 6.45) is 10.3. The maximum Gasteiger partial charge on any atom is 0.0836 e. The van der Waals surface area contributed by atoms with Crippen molar-refractivity contribution in [3.63, 3.8) is 0 Å². The summed E-state index contributed by atoms with van der Waals surface area (Å²) in [5.41, 5.74) is 0. The second kappa shape index (κ2) is 8.23. The van der Waals surface area contributed by atoms with Crippen molar-refractivity contribution >= 4 is 0 Å². The molecule has 10 heavy (non-hydrogen) atoms. The smallest absolute Gasteiger partial charge is 0.0836 e. The largest absolute Gasteiger partial charge is 0.198 e. The highest BCUT2D eigenvalue weighted by Crippen LogP contribution is 1.99. The SMILES string of the molecule is CCCCCC=C[CH]C#N. The van der Waals surface area contributed by atoms with Gasteiger partial charge in [-0.2, -0.15) is 5.26 Å². The number of allylic oxidation sites excluding steroid dienone is 2. The van der Waals surface area contributed by atoms with E-state index < -0.39 is 0 Å². The lowest BCUT2D eigenvalue weighted by molar-refractivity contribution is 0.729. The van der Waals surface area contributed by atoms with Crippen molar-refractivity contribution < 1.29 is 0 Å². The average Bonchev–Trinajstić information content (AvgIpc) is 1.97. The molecule has 55 valence electrons. The van der Waals surface area contributed by atoms with E-state index in [-0.39, 0.29) is 0 Å². The van der Waals surface area contributed by atoms with Gasteiger partial charge in [-0.1, -0.05) is 31.9 Å². The molecule has 0 bridgehead atoms. The number of rotatable bonds is 5. The second-order valence-corrected chi connectivity index (χ2v) is 2.22. The van der Waals surface area contributed by atoms with Gasteiger partial charge in [-0.15, -0.1) is 0 Å². The first-order valence-electron chi connectivity index (χ1n) is 3.79. The average molecular weight is 136 g/mol. The fourth-order valence-electron chi connectivity index (χ4n) is 0.719. The Balaban J connectivity index is 2.97. The molecule has 0 amide bonds. The standard InChI is InChI=1S/C9H14N/c1-2-3-4-5-6-7-8-9-10/h6-8H,2-5H2,1H3. The van der Waals surface area contributed by atoms with Gasteiger partial charge in [-0.05, 0) is 12.8 Å². The van der Waals surface area contributed by atoms with E-state index in [0.717, 1.165) is 6.42 Å². The molecule has 1 radical (unpaired) electrons. The summed E-state index contributed by atoms with van der Waals surface area (Å²) in [5, 5.41) is 8.11. The van der Waals surface area contributed by atoms with Crippen molar-refractivity contribution in [2.45, 2.75) is 32.6 Å². The number of nitriles is 1. The molecule has 0 unspecified atom stereocenters. The van der Waals surface area contributed by atoms with Crippen LogP contribution < -0.4 is 0 Å². The summed E-state index contributed by atoms with van der Waals surface area (Å²) >= 11 is 0. The third kappa shape index (κ3) is 7.23. The van der Waals surface area contributed by atoms with Crippen LogP contribution in [0.3, 0.4) is 0 Å². The molecule has 0 N–H and O–H groups in total. The number of unbranched alkanes of at least 4 members (excludes halogenated alkanes) is 3. The summed E-state index contributed by atoms with van der Waals surface area (Å²) < 4.78 is 0. The normalized spacial score (nSPS) is 10.0. The minimum absolute atomic E-state index is 1.10. The van der Waals surface area contributed by atoms with Gasteiger partial charge in [0.2, 0.25) is 0 Å². The molecule has 0 aliphatic carbocycles. The molecule has 0 heterocycles. The van der Waals surface area contributed by atoms with Gasteiger partial charge in [-0.3, -0.25) is 0 Å². The van der Waals surface area contributed by atoms with Gasteiger partial charge < -0.3 is 0 Å². The van der Waals surface area contributed by atoms with Crippen LogP contribution >= 0.6 is 0 Å². The molecular weight excluding hydrogens is 122 g/mol. The first kappa shape index (κ1) is 9.23. The van der Waals surface area contributed by atoms with Crippen LogP contribution in [0.25, 0.3) is 0 Å². The summed E-state index contributed by atoms with van der Waals surface area (Å²) in [4.78, 5) is 0. The molecule has 0 rings (SSSR count). The third-order valence-corrected chi connectivity index (χ3v) is 1.28. The Kier molecular flexibility index (Phi) is 7.60. The monoisotopic (exact) mass is 136 g/mol. The Hall–Kier alpha value is -0.770. The maximum absolute atomic E-state index is 8.11. The van der Waals surface area contributed by atoms with Crippen LogP contribution in [0.1, 0.15) is 32.6 Å². The zero-order valence-corrected chi connectivity index (χ0v) is 6.51. The van der Waals surface area contributed by atoms with Gasteiger partial charge in [0.25, 0.3) is 0 Å². The maximum atomic E-state index is 8.11. The molecule has 0 atom stereocenters. The van der Waals surface area contributed by atoms with E-state index in [1.807, 2.05) is 18.2 Å². The molecule has 0 saturated carbocycles. The van der Waals surface area contributed by atoms with E-state index >= 15 is 0 Å². The quantitative estimate of drug-likeness (QED) is 0.533. The van der Waals surface area contributed by atoms with Crippen molar-refractivity contribution in [3.05, 3.63) is 18.6 Å². The van der Waals surface area contributed by atoms with Gasteiger partial charge in [0.05, 0.1) is 12.5 Å². The van der Waals surface area contributed by atoms with Gasteiger partial charge in [-0.25, -0.2) is 0 Å². The zero-order chi connectivity index (χ0) is 7.66. The topological polar surface area (TPSA) is 23.8 Å². The molecule has 1 heteroatoms. The summed E-state index contributed by atoms with van der Waals surface area (Å²) in [7, 11) is 0. The van der Waals surface area contributed by atoms with Crippen LogP contribution in [-0.4, -0.2) is 0 Å². The van der Waals surface area contributed by atoms with Gasteiger partial charge in [0.15, 0.2) is 0 Å². The van der Waals surface area contributed by atoms with Crippen LogP contribution in [0.5, 0.6) is 0 Å². The fourth-order valence-corrected chi connectivity index (χ4v) is 0.719. The minimum atomic E-state index is 1.10. The van der Waals surface area contributed by atoms with Crippen molar-refractivity contribution in [1.29, 1.82) is 5.26 Å². The van der Waals surface area contributed by atoms with Gasteiger partial charge in [0, 0.05) is 0 Å². The molecule has 0 aromatic rings. The highest BCUT2D eigenvalue weighted by Gasteiger charge is 1.80. The molecule has 0 spiro atoms. The van der Waals surface area contributed by atoms with E-state index in [0.29, 0.717) is 0 Å². The molecule has 0 fully saturated rings. The van der Waals surface area contributed by atoms with Crippen LogP contribution in [0.2, 0.25) is 0 Å². The van der Waals surface area contributed by atoms with Gasteiger partial charge >= 0.3 is 0 Å². The fraction of sp³-hybridized carbons (Fsp3) is 0.556. The van der Waals surface area contributed by atoms with Crippen molar-refractivity contribution in [2.75, 3.05) is 0 Å². The lowest BCUT2D eigenvalue weighted by Gasteiger charge is -1.89. The van der Waals surface area contributed by atoms with Gasteiger partial charge in [0.1, 0.15) is 0 Å².